The lowest BCUT2D eigenvalue weighted by Crippen LogP contribution is -2.13. The zero-order valence-electron chi connectivity index (χ0n) is 7.08. The van der Waals surface area contributed by atoms with Gasteiger partial charge in [0.25, 0.3) is 0 Å². The average Bonchev–Trinajstić information content (AvgIpc) is 2.15. The predicted molar refractivity (Wildman–Crippen MR) is 46.9 cm³/mol. The van der Waals surface area contributed by atoms with Crippen molar-refractivity contribution in [2.75, 3.05) is 13.8 Å². The molecule has 0 spiro atoms. The molecule has 1 rings (SSSR count). The van der Waals surface area contributed by atoms with E-state index in [1.807, 2.05) is 24.3 Å². The van der Waals surface area contributed by atoms with Crippen molar-refractivity contribution < 1.29 is 9.84 Å². The van der Waals surface area contributed by atoms with Gasteiger partial charge in [-0.25, -0.2) is 0 Å². The zero-order chi connectivity index (χ0) is 8.81. The summed E-state index contributed by atoms with van der Waals surface area (Å²) in [5.41, 5.74) is 1.13. The highest BCUT2D eigenvalue weighted by Crippen LogP contribution is 2.10. The Hall–Kier alpha value is -1.06. The zero-order valence-corrected chi connectivity index (χ0v) is 7.08. The molecule has 2 N–H and O–H groups in total. The van der Waals surface area contributed by atoms with Crippen LogP contribution in [0.15, 0.2) is 24.3 Å². The van der Waals surface area contributed by atoms with Crippen molar-refractivity contribution in [1.29, 1.82) is 0 Å². The van der Waals surface area contributed by atoms with Crippen LogP contribution >= 0.6 is 0 Å². The van der Waals surface area contributed by atoms with Crippen molar-refractivity contribution in [2.45, 2.75) is 6.54 Å². The van der Waals surface area contributed by atoms with Gasteiger partial charge in [-0.05, 0) is 17.7 Å². The van der Waals surface area contributed by atoms with Crippen LogP contribution in [0.4, 0.5) is 0 Å². The average molecular weight is 167 g/mol. The Kier molecular flexibility index (Phi) is 3.57. The van der Waals surface area contributed by atoms with E-state index in [0.29, 0.717) is 6.54 Å². The summed E-state index contributed by atoms with van der Waals surface area (Å²) >= 11 is 0. The molecule has 66 valence electrons. The monoisotopic (exact) mass is 167 g/mol. The Morgan fingerprint density at radius 2 is 2.00 bits per heavy atom. The summed E-state index contributed by atoms with van der Waals surface area (Å²) in [4.78, 5) is 0. The summed E-state index contributed by atoms with van der Waals surface area (Å²) in [5.74, 6) is 0.850. The van der Waals surface area contributed by atoms with Gasteiger partial charge < -0.3 is 9.84 Å². The minimum absolute atomic E-state index is 0.00598. The molecule has 12 heavy (non-hydrogen) atoms. The van der Waals surface area contributed by atoms with Crippen LogP contribution in [-0.4, -0.2) is 18.9 Å². The highest BCUT2D eigenvalue weighted by atomic mass is 16.5. The third-order valence-electron chi connectivity index (χ3n) is 1.60. The summed E-state index contributed by atoms with van der Waals surface area (Å²) in [7, 11) is 1.64. The van der Waals surface area contributed by atoms with Crippen LogP contribution in [0.25, 0.3) is 0 Å². The van der Waals surface area contributed by atoms with Gasteiger partial charge in [0, 0.05) is 6.54 Å². The van der Waals surface area contributed by atoms with Gasteiger partial charge >= 0.3 is 0 Å². The van der Waals surface area contributed by atoms with E-state index in [-0.39, 0.29) is 6.73 Å². The Bertz CT molecular complexity index is 220. The van der Waals surface area contributed by atoms with E-state index in [9.17, 15) is 0 Å². The van der Waals surface area contributed by atoms with Crippen molar-refractivity contribution >= 4 is 0 Å². The number of ether oxygens (including phenoxy) is 1. The first kappa shape index (κ1) is 9.03. The van der Waals surface area contributed by atoms with Crippen LogP contribution < -0.4 is 10.1 Å². The molecule has 0 heterocycles. The SMILES string of the molecule is COc1ccc(CNCO)cc1. The fourth-order valence-corrected chi connectivity index (χ4v) is 0.944. The molecule has 3 heteroatoms. The largest absolute Gasteiger partial charge is 0.497 e. The van der Waals surface area contributed by atoms with E-state index in [2.05, 4.69) is 5.32 Å². The second-order valence-electron chi connectivity index (χ2n) is 2.43. The second kappa shape index (κ2) is 4.74. The van der Waals surface area contributed by atoms with Crippen molar-refractivity contribution in [2.24, 2.45) is 0 Å². The smallest absolute Gasteiger partial charge is 0.118 e. The van der Waals surface area contributed by atoms with E-state index in [1.165, 1.54) is 0 Å². The molecule has 0 saturated heterocycles. The standard InChI is InChI=1S/C9H13NO2/c1-12-9-4-2-8(3-5-9)6-10-7-11/h2-5,10-11H,6-7H2,1H3. The van der Waals surface area contributed by atoms with E-state index < -0.39 is 0 Å². The summed E-state index contributed by atoms with van der Waals surface area (Å²) < 4.78 is 5.00. The number of rotatable bonds is 4. The molecule has 0 atom stereocenters. The van der Waals surface area contributed by atoms with E-state index in [4.69, 9.17) is 9.84 Å². The normalized spacial score (nSPS) is 9.83. The molecule has 3 nitrogen and oxygen atoms in total. The third kappa shape index (κ3) is 2.53. The van der Waals surface area contributed by atoms with Crippen molar-refractivity contribution in [3.05, 3.63) is 29.8 Å². The van der Waals surface area contributed by atoms with Crippen LogP contribution in [0.2, 0.25) is 0 Å². The van der Waals surface area contributed by atoms with Crippen LogP contribution in [0.5, 0.6) is 5.75 Å². The van der Waals surface area contributed by atoms with Gasteiger partial charge in [0.1, 0.15) is 5.75 Å². The molecule has 0 aliphatic carbocycles. The van der Waals surface area contributed by atoms with Gasteiger partial charge in [0.2, 0.25) is 0 Å². The summed E-state index contributed by atoms with van der Waals surface area (Å²) in [6.07, 6.45) is 0. The molecule has 0 saturated carbocycles. The lowest BCUT2D eigenvalue weighted by Gasteiger charge is -2.02. The maximum Gasteiger partial charge on any atom is 0.118 e. The van der Waals surface area contributed by atoms with Crippen molar-refractivity contribution in [3.8, 4) is 5.75 Å². The third-order valence-corrected chi connectivity index (χ3v) is 1.60. The number of aliphatic hydroxyl groups excluding tert-OH is 1. The van der Waals surface area contributed by atoms with Gasteiger partial charge in [-0.1, -0.05) is 12.1 Å². The molecule has 1 aromatic rings. The quantitative estimate of drug-likeness (QED) is 0.650. The number of nitrogens with one attached hydrogen (secondary N) is 1. The molecule has 0 fully saturated rings. The lowest BCUT2D eigenvalue weighted by atomic mass is 10.2. The number of benzene rings is 1. The second-order valence-corrected chi connectivity index (χ2v) is 2.43. The Morgan fingerprint density at radius 3 is 2.50 bits per heavy atom. The van der Waals surface area contributed by atoms with Crippen molar-refractivity contribution in [3.63, 3.8) is 0 Å². The topological polar surface area (TPSA) is 41.5 Å². The predicted octanol–water partition coefficient (Wildman–Crippen LogP) is 0.735. The molecular weight excluding hydrogens is 154 g/mol. The summed E-state index contributed by atoms with van der Waals surface area (Å²) in [5, 5.41) is 11.3. The Balaban J connectivity index is 2.53. The van der Waals surface area contributed by atoms with E-state index in [0.717, 1.165) is 11.3 Å². The molecule has 0 amide bonds. The fourth-order valence-electron chi connectivity index (χ4n) is 0.944. The fraction of sp³-hybridized carbons (Fsp3) is 0.333. The molecule has 0 unspecified atom stereocenters. The summed E-state index contributed by atoms with van der Waals surface area (Å²) in [6.45, 7) is 0.687. The Labute approximate surface area is 72.0 Å². The van der Waals surface area contributed by atoms with Crippen LogP contribution in [-0.2, 0) is 6.54 Å². The molecular formula is C9H13NO2. The highest BCUT2D eigenvalue weighted by molar-refractivity contribution is 5.26. The first-order valence-corrected chi connectivity index (χ1v) is 3.81. The molecule has 0 aromatic heterocycles. The number of hydrogen-bond donors (Lipinski definition) is 2. The Morgan fingerprint density at radius 1 is 1.33 bits per heavy atom. The summed E-state index contributed by atoms with van der Waals surface area (Å²) in [6, 6.07) is 7.71. The molecule has 0 bridgehead atoms. The molecule has 0 aliphatic heterocycles. The van der Waals surface area contributed by atoms with Crippen LogP contribution in [0.3, 0.4) is 0 Å². The minimum atomic E-state index is 0.00598. The van der Waals surface area contributed by atoms with Gasteiger partial charge in [-0.2, -0.15) is 0 Å². The van der Waals surface area contributed by atoms with Crippen LogP contribution in [0.1, 0.15) is 5.56 Å². The van der Waals surface area contributed by atoms with Crippen molar-refractivity contribution in [1.82, 2.24) is 5.32 Å². The maximum atomic E-state index is 8.49. The van der Waals surface area contributed by atoms with Gasteiger partial charge in [-0.3, -0.25) is 5.32 Å². The van der Waals surface area contributed by atoms with Gasteiger partial charge in [0.15, 0.2) is 0 Å². The molecule has 0 radical (unpaired) electrons. The van der Waals surface area contributed by atoms with Gasteiger partial charge in [-0.15, -0.1) is 0 Å². The van der Waals surface area contributed by atoms with E-state index >= 15 is 0 Å². The number of aliphatic hydroxyl groups is 1. The van der Waals surface area contributed by atoms with E-state index in [1.54, 1.807) is 7.11 Å². The molecule has 0 aliphatic rings. The molecule has 1 aromatic carbocycles. The first-order valence-electron chi connectivity index (χ1n) is 3.81. The lowest BCUT2D eigenvalue weighted by molar-refractivity contribution is 0.259. The number of hydrogen-bond acceptors (Lipinski definition) is 3. The first-order chi connectivity index (χ1) is 5.86. The maximum absolute atomic E-state index is 8.49. The van der Waals surface area contributed by atoms with Gasteiger partial charge in [0.05, 0.1) is 13.8 Å². The number of methoxy groups -OCH3 is 1. The minimum Gasteiger partial charge on any atom is -0.497 e. The highest BCUT2D eigenvalue weighted by Gasteiger charge is 1.92. The van der Waals surface area contributed by atoms with Crippen LogP contribution in [0, 0.1) is 0 Å².